The smallest absolute Gasteiger partial charge is 0.164 e. The highest BCUT2D eigenvalue weighted by molar-refractivity contribution is 5.55. The Kier molecular flexibility index (Phi) is 4.34. The van der Waals surface area contributed by atoms with Gasteiger partial charge in [0.1, 0.15) is 13.2 Å². The average molecular weight is 373 g/mol. The zero-order chi connectivity index (χ0) is 18.9. The summed E-state index contributed by atoms with van der Waals surface area (Å²) in [4.78, 5) is 3.62. The van der Waals surface area contributed by atoms with Gasteiger partial charge in [-0.15, -0.1) is 0 Å². The molecule has 1 fully saturated rings. The molecule has 0 amide bonds. The van der Waals surface area contributed by atoms with E-state index in [1.54, 1.807) is 0 Å². The predicted molar refractivity (Wildman–Crippen MR) is 108 cm³/mol. The molecule has 3 N–H and O–H groups in total. The van der Waals surface area contributed by atoms with Gasteiger partial charge in [-0.05, 0) is 62.3 Å². The molecule has 3 aliphatic carbocycles. The van der Waals surface area contributed by atoms with E-state index in [1.165, 1.54) is 22.9 Å². The van der Waals surface area contributed by atoms with E-state index in [0.29, 0.717) is 19.3 Å². The van der Waals surface area contributed by atoms with E-state index in [0.717, 1.165) is 41.1 Å². The van der Waals surface area contributed by atoms with Gasteiger partial charge in [-0.25, -0.2) is 0 Å². The van der Waals surface area contributed by atoms with Crippen LogP contribution in [0.2, 0.25) is 0 Å². The van der Waals surface area contributed by atoms with Gasteiger partial charge >= 0.3 is 0 Å². The number of fused-ring (bicyclic) bond motifs is 4. The SMILES string of the molecule is CNC1CCc2[nH]c3c(c2C1)=CC=C=C(NC1=C=CC=C2OCCOC2=C1)C=3. The number of aromatic nitrogens is 1. The number of rotatable bonds is 3. The number of hydrogen-bond acceptors (Lipinski definition) is 4. The predicted octanol–water partition coefficient (Wildman–Crippen LogP) is 1.16. The molecule has 28 heavy (non-hydrogen) atoms. The third-order valence-electron chi connectivity index (χ3n) is 5.50. The molecule has 1 unspecified atom stereocenters. The second kappa shape index (κ2) is 7.14. The molecular formula is C23H23N3O2. The molecule has 1 aromatic heterocycles. The van der Waals surface area contributed by atoms with Gasteiger partial charge in [-0.1, -0.05) is 11.5 Å². The van der Waals surface area contributed by atoms with Gasteiger partial charge in [0.2, 0.25) is 0 Å². The van der Waals surface area contributed by atoms with Crippen LogP contribution in [0.3, 0.4) is 0 Å². The average Bonchev–Trinajstić information content (AvgIpc) is 2.86. The Balaban J connectivity index is 1.45. The normalized spacial score (nSPS) is 22.1. The highest BCUT2D eigenvalue weighted by Gasteiger charge is 2.20. The Morgan fingerprint density at radius 1 is 1.04 bits per heavy atom. The number of aromatic amines is 1. The molecule has 0 radical (unpaired) electrons. The van der Waals surface area contributed by atoms with E-state index in [2.05, 4.69) is 39.2 Å². The van der Waals surface area contributed by atoms with Crippen LogP contribution >= 0.6 is 0 Å². The van der Waals surface area contributed by atoms with Gasteiger partial charge < -0.3 is 25.1 Å². The van der Waals surface area contributed by atoms with E-state index in [9.17, 15) is 0 Å². The van der Waals surface area contributed by atoms with Crippen LogP contribution in [0.5, 0.6) is 0 Å². The zero-order valence-electron chi connectivity index (χ0n) is 15.9. The molecule has 5 nitrogen and oxygen atoms in total. The Bertz CT molecular complexity index is 1130. The summed E-state index contributed by atoms with van der Waals surface area (Å²) in [6.45, 7) is 1.14. The molecule has 4 aliphatic rings. The topological polar surface area (TPSA) is 58.3 Å². The number of ether oxygens (including phenoxy) is 2. The molecule has 0 aromatic carbocycles. The minimum Gasteiger partial charge on any atom is -0.486 e. The quantitative estimate of drug-likeness (QED) is 0.696. The minimum absolute atomic E-state index is 0.547. The van der Waals surface area contributed by atoms with Crippen LogP contribution in [0, 0.1) is 0 Å². The molecule has 1 aliphatic heterocycles. The molecule has 0 spiro atoms. The highest BCUT2D eigenvalue weighted by atomic mass is 16.6. The Morgan fingerprint density at radius 2 is 1.82 bits per heavy atom. The lowest BCUT2D eigenvalue weighted by molar-refractivity contribution is 0.0596. The van der Waals surface area contributed by atoms with E-state index in [1.807, 2.05) is 31.4 Å². The van der Waals surface area contributed by atoms with Gasteiger partial charge in [0.15, 0.2) is 11.5 Å². The maximum Gasteiger partial charge on any atom is 0.164 e. The van der Waals surface area contributed by atoms with Crippen molar-refractivity contribution in [2.45, 2.75) is 25.3 Å². The number of nitrogens with one attached hydrogen (secondary N) is 3. The largest absolute Gasteiger partial charge is 0.486 e. The van der Waals surface area contributed by atoms with Crippen LogP contribution in [0.1, 0.15) is 17.7 Å². The van der Waals surface area contributed by atoms with Gasteiger partial charge in [0, 0.05) is 28.4 Å². The first-order chi connectivity index (χ1) is 13.8. The summed E-state index contributed by atoms with van der Waals surface area (Å²) in [6.07, 6.45) is 15.2. The van der Waals surface area contributed by atoms with Crippen molar-refractivity contribution in [2.24, 2.45) is 0 Å². The zero-order valence-corrected chi connectivity index (χ0v) is 15.9. The Hall–Kier alpha value is -3.10. The standard InChI is InChI=1S/C23H23N3O2/c1-24-15-8-9-20-19(12-15)18-6-2-4-16(13-21(18)26-20)25-17-5-3-7-22-23(14-17)28-11-10-27-22/h2-3,6-7,13-15,24-26H,8-12H2,1H3. The summed E-state index contributed by atoms with van der Waals surface area (Å²) in [7, 11) is 2.05. The van der Waals surface area contributed by atoms with E-state index < -0.39 is 0 Å². The summed E-state index contributed by atoms with van der Waals surface area (Å²) in [5.41, 5.74) is 11.0. The van der Waals surface area contributed by atoms with Gasteiger partial charge in [-0.2, -0.15) is 0 Å². The molecule has 142 valence electrons. The van der Waals surface area contributed by atoms with Crippen LogP contribution in [-0.2, 0) is 22.3 Å². The van der Waals surface area contributed by atoms with Gasteiger partial charge in [0.05, 0.1) is 11.4 Å². The maximum atomic E-state index is 5.72. The van der Waals surface area contributed by atoms with E-state index in [4.69, 9.17) is 9.47 Å². The van der Waals surface area contributed by atoms with Crippen molar-refractivity contribution >= 4 is 12.2 Å². The molecule has 0 saturated carbocycles. The lowest BCUT2D eigenvalue weighted by atomic mass is 9.92. The van der Waals surface area contributed by atoms with Crippen molar-refractivity contribution < 1.29 is 9.47 Å². The van der Waals surface area contributed by atoms with Crippen molar-refractivity contribution in [2.75, 3.05) is 20.3 Å². The van der Waals surface area contributed by atoms with Crippen LogP contribution in [-0.4, -0.2) is 31.3 Å². The number of aryl methyl sites for hydroxylation is 1. The van der Waals surface area contributed by atoms with Crippen LogP contribution in [0.25, 0.3) is 12.2 Å². The lowest BCUT2D eigenvalue weighted by Crippen LogP contribution is -2.34. The van der Waals surface area contributed by atoms with Crippen LogP contribution in [0.15, 0.2) is 58.7 Å². The first-order valence-electron chi connectivity index (χ1n) is 9.77. The Labute approximate surface area is 163 Å². The third kappa shape index (κ3) is 3.17. The van der Waals surface area contributed by atoms with Crippen molar-refractivity contribution in [3.63, 3.8) is 0 Å². The number of likely N-dealkylation sites (N-methyl/N-ethyl adjacent to an activating group) is 1. The molecule has 0 bridgehead atoms. The van der Waals surface area contributed by atoms with Gasteiger partial charge in [-0.3, -0.25) is 0 Å². The van der Waals surface area contributed by atoms with E-state index >= 15 is 0 Å². The fourth-order valence-corrected chi connectivity index (χ4v) is 4.05. The van der Waals surface area contributed by atoms with Gasteiger partial charge in [0.25, 0.3) is 0 Å². The number of allylic oxidation sites excluding steroid dienone is 3. The van der Waals surface area contributed by atoms with Crippen molar-refractivity contribution in [1.29, 1.82) is 0 Å². The fraction of sp³-hybridized carbons (Fsp3) is 0.304. The third-order valence-corrected chi connectivity index (χ3v) is 5.50. The number of H-pyrrole nitrogens is 1. The summed E-state index contributed by atoms with van der Waals surface area (Å²) >= 11 is 0. The summed E-state index contributed by atoms with van der Waals surface area (Å²) in [5, 5.41) is 9.23. The molecule has 5 heteroatoms. The second-order valence-electron chi connectivity index (χ2n) is 7.26. The summed E-state index contributed by atoms with van der Waals surface area (Å²) in [6, 6.07) is 0.547. The van der Waals surface area contributed by atoms with Crippen LogP contribution in [0.4, 0.5) is 0 Å². The molecular weight excluding hydrogens is 350 g/mol. The first kappa shape index (κ1) is 17.0. The molecule has 1 atom stereocenters. The number of hydrogen-bond donors (Lipinski definition) is 3. The molecule has 5 rings (SSSR count). The molecule has 1 aromatic rings. The molecule has 1 saturated heterocycles. The second-order valence-corrected chi connectivity index (χ2v) is 7.26. The summed E-state index contributed by atoms with van der Waals surface area (Å²) in [5.74, 6) is 1.48. The minimum atomic E-state index is 0.547. The van der Waals surface area contributed by atoms with Crippen LogP contribution < -0.4 is 21.2 Å². The first-order valence-corrected chi connectivity index (χ1v) is 9.77. The summed E-state index contributed by atoms with van der Waals surface area (Å²) < 4.78 is 11.4. The highest BCUT2D eigenvalue weighted by Crippen LogP contribution is 2.21. The maximum absolute atomic E-state index is 5.72. The van der Waals surface area contributed by atoms with Crippen molar-refractivity contribution in [3.8, 4) is 0 Å². The monoisotopic (exact) mass is 373 g/mol. The van der Waals surface area contributed by atoms with Crippen molar-refractivity contribution in [3.05, 3.63) is 80.5 Å². The van der Waals surface area contributed by atoms with E-state index in [-0.39, 0.29) is 0 Å². The van der Waals surface area contributed by atoms with Crippen molar-refractivity contribution in [1.82, 2.24) is 15.6 Å². The fourth-order valence-electron chi connectivity index (χ4n) is 4.05. The Morgan fingerprint density at radius 3 is 2.68 bits per heavy atom. The lowest BCUT2D eigenvalue weighted by Gasteiger charge is -2.21. The molecule has 2 heterocycles.